The summed E-state index contributed by atoms with van der Waals surface area (Å²) in [6.45, 7) is 4.49. The van der Waals surface area contributed by atoms with Crippen molar-refractivity contribution in [2.75, 3.05) is 5.32 Å². The molecule has 276 valence electrons. The molecule has 2 aliphatic carbocycles. The second-order valence-electron chi connectivity index (χ2n) is 15.5. The van der Waals surface area contributed by atoms with Crippen LogP contribution in [0.25, 0.3) is 78.1 Å². The van der Waals surface area contributed by atoms with Crippen LogP contribution in [0.1, 0.15) is 25.0 Å². The van der Waals surface area contributed by atoms with E-state index in [-0.39, 0.29) is 0 Å². The van der Waals surface area contributed by atoms with E-state index in [1.54, 1.807) is 0 Å². The van der Waals surface area contributed by atoms with Crippen molar-refractivity contribution >= 4 is 33.7 Å². The maximum Gasteiger partial charge on any atom is 0.161 e. The SMILES string of the molecule is CC1(C)c2c(Oc3ccccc3Nc3ccccc3)cc(-c3ccccc3)cc2-c2ccc(-c3nc(-c4ccccc4)c4c(n3)-c3cccc5cccc-4c35)c(Cl)c21. The lowest BCUT2D eigenvalue weighted by Gasteiger charge is -2.26. The highest BCUT2D eigenvalue weighted by atomic mass is 35.5. The Balaban J connectivity index is 1.09. The third-order valence-corrected chi connectivity index (χ3v) is 12.1. The van der Waals surface area contributed by atoms with Gasteiger partial charge in [-0.3, -0.25) is 0 Å². The summed E-state index contributed by atoms with van der Waals surface area (Å²) in [4.78, 5) is 10.8. The number of para-hydroxylation sites is 3. The number of hydrogen-bond donors (Lipinski definition) is 1. The molecule has 8 aromatic carbocycles. The Bertz CT molecular complexity index is 3080. The molecule has 1 N–H and O–H groups in total. The second-order valence-corrected chi connectivity index (χ2v) is 15.9. The van der Waals surface area contributed by atoms with Crippen molar-refractivity contribution in [3.63, 3.8) is 0 Å². The van der Waals surface area contributed by atoms with Crippen LogP contribution >= 0.6 is 11.6 Å². The molecular formula is C53H36ClN3O. The van der Waals surface area contributed by atoms with E-state index in [2.05, 4.69) is 140 Å². The predicted molar refractivity (Wildman–Crippen MR) is 239 cm³/mol. The highest BCUT2D eigenvalue weighted by Crippen LogP contribution is 2.58. The number of halogens is 1. The van der Waals surface area contributed by atoms with Gasteiger partial charge in [-0.2, -0.15) is 0 Å². The van der Waals surface area contributed by atoms with Gasteiger partial charge >= 0.3 is 0 Å². The van der Waals surface area contributed by atoms with Gasteiger partial charge in [0, 0.05) is 38.9 Å². The van der Waals surface area contributed by atoms with E-state index in [9.17, 15) is 0 Å². The quantitative estimate of drug-likeness (QED) is 0.175. The van der Waals surface area contributed by atoms with Crippen LogP contribution in [0.4, 0.5) is 11.4 Å². The molecule has 0 unspecified atom stereocenters. The minimum Gasteiger partial charge on any atom is -0.455 e. The minimum atomic E-state index is -0.537. The number of nitrogens with one attached hydrogen (secondary N) is 1. The first-order valence-electron chi connectivity index (χ1n) is 19.6. The normalized spacial score (nSPS) is 12.9. The number of ether oxygens (including phenoxy) is 1. The van der Waals surface area contributed by atoms with Gasteiger partial charge in [0.25, 0.3) is 0 Å². The number of anilines is 2. The molecule has 9 aromatic rings. The van der Waals surface area contributed by atoms with Gasteiger partial charge in [0.2, 0.25) is 0 Å². The maximum atomic E-state index is 7.74. The Kier molecular flexibility index (Phi) is 7.85. The zero-order chi connectivity index (χ0) is 39.0. The lowest BCUT2D eigenvalue weighted by molar-refractivity contribution is 0.467. The molecule has 0 amide bonds. The summed E-state index contributed by atoms with van der Waals surface area (Å²) in [5, 5.41) is 6.61. The second kappa shape index (κ2) is 13.3. The Morgan fingerprint density at radius 2 is 1.14 bits per heavy atom. The van der Waals surface area contributed by atoms with Gasteiger partial charge < -0.3 is 10.1 Å². The molecule has 1 aromatic heterocycles. The van der Waals surface area contributed by atoms with E-state index < -0.39 is 5.41 Å². The first kappa shape index (κ1) is 34.3. The third kappa shape index (κ3) is 5.37. The molecule has 11 rings (SSSR count). The van der Waals surface area contributed by atoms with Gasteiger partial charge in [-0.1, -0.05) is 159 Å². The summed E-state index contributed by atoms with van der Waals surface area (Å²) in [6, 6.07) is 60.8. The Hall–Kier alpha value is -7.01. The fourth-order valence-electron chi connectivity index (χ4n) is 9.10. The van der Waals surface area contributed by atoms with Gasteiger partial charge in [0.15, 0.2) is 11.6 Å². The van der Waals surface area contributed by atoms with Crippen LogP contribution in [-0.4, -0.2) is 9.97 Å². The molecule has 0 fully saturated rings. The number of aromatic nitrogens is 2. The van der Waals surface area contributed by atoms with Gasteiger partial charge in [0.05, 0.1) is 22.1 Å². The zero-order valence-corrected chi connectivity index (χ0v) is 32.7. The van der Waals surface area contributed by atoms with Gasteiger partial charge in [-0.25, -0.2) is 9.97 Å². The van der Waals surface area contributed by atoms with Crippen LogP contribution in [0.3, 0.4) is 0 Å². The van der Waals surface area contributed by atoms with Crippen molar-refractivity contribution in [3.8, 4) is 78.8 Å². The summed E-state index contributed by atoms with van der Waals surface area (Å²) in [5.74, 6) is 2.11. The predicted octanol–water partition coefficient (Wildman–Crippen LogP) is 14.8. The van der Waals surface area contributed by atoms with Crippen LogP contribution in [0.5, 0.6) is 11.5 Å². The van der Waals surface area contributed by atoms with Crippen LogP contribution in [0.15, 0.2) is 176 Å². The van der Waals surface area contributed by atoms with Crippen LogP contribution < -0.4 is 10.1 Å². The molecule has 5 heteroatoms. The fraction of sp³-hybridized carbons (Fsp3) is 0.0566. The summed E-state index contributed by atoms with van der Waals surface area (Å²) in [6.07, 6.45) is 0. The molecule has 0 atom stereocenters. The number of nitrogens with zero attached hydrogens (tertiary/aromatic N) is 2. The summed E-state index contributed by atoms with van der Waals surface area (Å²) >= 11 is 7.74. The Morgan fingerprint density at radius 1 is 0.500 bits per heavy atom. The average Bonchev–Trinajstić information content (AvgIpc) is 3.71. The molecule has 58 heavy (non-hydrogen) atoms. The average molecular weight is 766 g/mol. The van der Waals surface area contributed by atoms with Crippen molar-refractivity contribution in [2.45, 2.75) is 19.3 Å². The molecule has 0 saturated heterocycles. The minimum absolute atomic E-state index is 0.537. The summed E-state index contributed by atoms with van der Waals surface area (Å²) < 4.78 is 7.05. The first-order chi connectivity index (χ1) is 28.4. The lowest BCUT2D eigenvalue weighted by atomic mass is 9.81. The maximum absolute atomic E-state index is 7.74. The summed E-state index contributed by atoms with van der Waals surface area (Å²) in [7, 11) is 0. The van der Waals surface area contributed by atoms with E-state index >= 15 is 0 Å². The highest BCUT2D eigenvalue weighted by Gasteiger charge is 2.42. The first-order valence-corrected chi connectivity index (χ1v) is 20.0. The van der Waals surface area contributed by atoms with E-state index in [1.807, 2.05) is 54.6 Å². The van der Waals surface area contributed by atoms with Crippen molar-refractivity contribution in [1.29, 1.82) is 0 Å². The molecule has 2 aliphatic rings. The van der Waals surface area contributed by atoms with E-state index in [4.69, 9.17) is 26.3 Å². The topological polar surface area (TPSA) is 47.0 Å². The van der Waals surface area contributed by atoms with Crippen molar-refractivity contribution in [3.05, 3.63) is 192 Å². The molecule has 0 radical (unpaired) electrons. The van der Waals surface area contributed by atoms with Crippen molar-refractivity contribution in [1.82, 2.24) is 9.97 Å². The molecule has 0 saturated carbocycles. The smallest absolute Gasteiger partial charge is 0.161 e. The van der Waals surface area contributed by atoms with Crippen LogP contribution in [0.2, 0.25) is 5.02 Å². The molecule has 4 nitrogen and oxygen atoms in total. The van der Waals surface area contributed by atoms with E-state index in [0.29, 0.717) is 10.8 Å². The van der Waals surface area contributed by atoms with Gasteiger partial charge in [-0.15, -0.1) is 0 Å². The third-order valence-electron chi connectivity index (χ3n) is 11.7. The largest absolute Gasteiger partial charge is 0.455 e. The number of hydrogen-bond acceptors (Lipinski definition) is 4. The standard InChI is InChI=1S/C53H36ClN3O/c1-53(2)47-41(30-35(32-16-6-3-7-17-32)31-44(47)58-43-27-13-12-26-42(43)55-36-22-10-5-11-23-36)37-28-29-40(49(54)48(37)53)52-56-50(34-18-8-4-9-19-34)46-38-24-14-20-33-21-15-25-39(45(33)38)51(46)57-52/h3-31,55H,1-2H3. The van der Waals surface area contributed by atoms with Gasteiger partial charge in [-0.05, 0) is 86.6 Å². The molecule has 1 heterocycles. The number of rotatable bonds is 7. The lowest BCUT2D eigenvalue weighted by Crippen LogP contribution is -2.17. The van der Waals surface area contributed by atoms with Crippen LogP contribution in [0, 0.1) is 0 Å². The fourth-order valence-corrected chi connectivity index (χ4v) is 9.58. The monoisotopic (exact) mass is 765 g/mol. The van der Waals surface area contributed by atoms with Crippen LogP contribution in [-0.2, 0) is 5.41 Å². The Labute approximate surface area is 342 Å². The Morgan fingerprint density at radius 3 is 1.90 bits per heavy atom. The highest BCUT2D eigenvalue weighted by molar-refractivity contribution is 6.35. The zero-order valence-electron chi connectivity index (χ0n) is 31.9. The number of fused-ring (bicyclic) bond motifs is 6. The molecular weight excluding hydrogens is 730 g/mol. The molecule has 0 aliphatic heterocycles. The molecule has 0 bridgehead atoms. The van der Waals surface area contributed by atoms with Crippen molar-refractivity contribution in [2.24, 2.45) is 0 Å². The van der Waals surface area contributed by atoms with Gasteiger partial charge in [0.1, 0.15) is 5.75 Å². The van der Waals surface area contributed by atoms with E-state index in [0.717, 1.165) is 95.5 Å². The number of benzene rings is 8. The van der Waals surface area contributed by atoms with E-state index in [1.165, 1.54) is 10.8 Å². The summed E-state index contributed by atoms with van der Waals surface area (Å²) in [5.41, 5.74) is 14.8. The molecule has 0 spiro atoms. The van der Waals surface area contributed by atoms with Crippen molar-refractivity contribution < 1.29 is 4.74 Å².